The summed E-state index contributed by atoms with van der Waals surface area (Å²) in [5.41, 5.74) is 0.985. The van der Waals surface area contributed by atoms with Crippen LogP contribution in [0.15, 0.2) is 42.5 Å². The zero-order valence-corrected chi connectivity index (χ0v) is 13.5. The molecular formula is C16H12Cl2N2O3. The molecule has 0 aliphatic heterocycles. The highest BCUT2D eigenvalue weighted by Crippen LogP contribution is 2.23. The van der Waals surface area contributed by atoms with Gasteiger partial charge in [-0.15, -0.1) is 0 Å². The van der Waals surface area contributed by atoms with Crippen molar-refractivity contribution < 1.29 is 14.4 Å². The molecule has 0 atom stereocenters. The Kier molecular flexibility index (Phi) is 5.36. The summed E-state index contributed by atoms with van der Waals surface area (Å²) in [6.45, 7) is 1.45. The minimum atomic E-state index is -0.735. The van der Waals surface area contributed by atoms with Gasteiger partial charge in [-0.05, 0) is 43.3 Å². The summed E-state index contributed by atoms with van der Waals surface area (Å²) in [6, 6.07) is 10.1. The van der Waals surface area contributed by atoms with E-state index in [4.69, 9.17) is 23.2 Å². The van der Waals surface area contributed by atoms with E-state index in [-0.39, 0.29) is 21.4 Å². The van der Waals surface area contributed by atoms with E-state index in [9.17, 15) is 14.4 Å². The molecule has 0 aliphatic rings. The van der Waals surface area contributed by atoms with Crippen LogP contribution in [-0.2, 0) is 0 Å². The number of carbonyl (C=O) groups excluding carboxylic acids is 3. The second-order valence-corrected chi connectivity index (χ2v) is 5.45. The van der Waals surface area contributed by atoms with Crippen LogP contribution >= 0.6 is 23.2 Å². The lowest BCUT2D eigenvalue weighted by atomic mass is 10.1. The zero-order chi connectivity index (χ0) is 17.0. The molecule has 0 heterocycles. The molecular weight excluding hydrogens is 339 g/mol. The van der Waals surface area contributed by atoms with Gasteiger partial charge in [0.25, 0.3) is 5.91 Å². The van der Waals surface area contributed by atoms with Crippen LogP contribution in [0.3, 0.4) is 0 Å². The van der Waals surface area contributed by atoms with E-state index < -0.39 is 11.9 Å². The molecule has 0 fully saturated rings. The van der Waals surface area contributed by atoms with Gasteiger partial charge in [0.15, 0.2) is 5.78 Å². The maximum atomic E-state index is 12.0. The van der Waals surface area contributed by atoms with Crippen LogP contribution in [0.2, 0.25) is 10.0 Å². The number of hydrogen-bond donors (Lipinski definition) is 2. The van der Waals surface area contributed by atoms with Gasteiger partial charge in [-0.1, -0.05) is 29.3 Å². The number of amides is 3. The fourth-order valence-electron chi connectivity index (χ4n) is 1.83. The first-order valence-corrected chi connectivity index (χ1v) is 7.31. The number of nitrogens with one attached hydrogen (secondary N) is 2. The minimum Gasteiger partial charge on any atom is -0.308 e. The molecule has 0 saturated carbocycles. The third-order valence-corrected chi connectivity index (χ3v) is 3.60. The molecule has 5 nitrogen and oxygen atoms in total. The average molecular weight is 351 g/mol. The molecule has 7 heteroatoms. The van der Waals surface area contributed by atoms with E-state index in [2.05, 4.69) is 10.6 Å². The van der Waals surface area contributed by atoms with E-state index in [1.165, 1.54) is 19.1 Å². The fraction of sp³-hybridized carbons (Fsp3) is 0.0625. The van der Waals surface area contributed by atoms with Crippen molar-refractivity contribution in [2.75, 3.05) is 5.32 Å². The van der Waals surface area contributed by atoms with Crippen LogP contribution in [0.25, 0.3) is 0 Å². The monoisotopic (exact) mass is 350 g/mol. The molecule has 118 valence electrons. The first kappa shape index (κ1) is 17.0. The van der Waals surface area contributed by atoms with Gasteiger partial charge in [0, 0.05) is 11.3 Å². The van der Waals surface area contributed by atoms with Crippen molar-refractivity contribution in [1.29, 1.82) is 0 Å². The number of Topliss-reactive ketones (excluding diaryl/α,β-unsaturated/α-hetero) is 1. The molecule has 0 aromatic heterocycles. The van der Waals surface area contributed by atoms with E-state index in [1.54, 1.807) is 30.3 Å². The summed E-state index contributed by atoms with van der Waals surface area (Å²) in [5.74, 6) is -0.789. The van der Waals surface area contributed by atoms with Crippen LogP contribution in [0, 0.1) is 0 Å². The topological polar surface area (TPSA) is 75.3 Å². The van der Waals surface area contributed by atoms with Gasteiger partial charge < -0.3 is 5.32 Å². The van der Waals surface area contributed by atoms with Gasteiger partial charge in [-0.2, -0.15) is 0 Å². The Morgan fingerprint density at radius 2 is 1.48 bits per heavy atom. The Morgan fingerprint density at radius 3 is 2.00 bits per heavy atom. The maximum absolute atomic E-state index is 12.0. The number of urea groups is 1. The van der Waals surface area contributed by atoms with E-state index in [0.717, 1.165) is 0 Å². The lowest BCUT2D eigenvalue weighted by Crippen LogP contribution is -2.34. The molecule has 0 spiro atoms. The predicted molar refractivity (Wildman–Crippen MR) is 89.4 cm³/mol. The van der Waals surface area contributed by atoms with Crippen molar-refractivity contribution >= 4 is 46.6 Å². The van der Waals surface area contributed by atoms with E-state index in [1.807, 2.05) is 0 Å². The standard InChI is InChI=1S/C16H12Cl2N2O3/c1-9(21)10-5-7-11(8-6-10)19-16(23)20-15(22)14-12(17)3-2-4-13(14)18/h2-8H,1H3,(H2,19,20,22,23). The van der Waals surface area contributed by atoms with Gasteiger partial charge in [0.1, 0.15) is 0 Å². The fourth-order valence-corrected chi connectivity index (χ4v) is 2.40. The Balaban J connectivity index is 2.04. The number of rotatable bonds is 3. The Morgan fingerprint density at radius 1 is 0.913 bits per heavy atom. The highest BCUT2D eigenvalue weighted by atomic mass is 35.5. The quantitative estimate of drug-likeness (QED) is 0.816. The number of halogens is 2. The van der Waals surface area contributed by atoms with Crippen LogP contribution in [0.1, 0.15) is 27.6 Å². The summed E-state index contributed by atoms with van der Waals surface area (Å²) in [4.78, 5) is 35.1. The molecule has 0 saturated heterocycles. The first-order chi connectivity index (χ1) is 10.9. The highest BCUT2D eigenvalue weighted by Gasteiger charge is 2.17. The summed E-state index contributed by atoms with van der Waals surface area (Å²) in [5, 5.41) is 4.91. The van der Waals surface area contributed by atoms with Gasteiger partial charge >= 0.3 is 6.03 Å². The largest absolute Gasteiger partial charge is 0.326 e. The Hall–Kier alpha value is -2.37. The molecule has 2 aromatic rings. The molecule has 3 amide bonds. The number of benzene rings is 2. The van der Waals surface area contributed by atoms with E-state index >= 15 is 0 Å². The number of hydrogen-bond acceptors (Lipinski definition) is 3. The van der Waals surface area contributed by atoms with Crippen molar-refractivity contribution in [3.05, 3.63) is 63.6 Å². The normalized spacial score (nSPS) is 10.0. The van der Waals surface area contributed by atoms with Crippen molar-refractivity contribution in [2.24, 2.45) is 0 Å². The summed E-state index contributed by atoms with van der Waals surface area (Å²) >= 11 is 11.8. The first-order valence-electron chi connectivity index (χ1n) is 6.56. The van der Waals surface area contributed by atoms with Gasteiger partial charge in [0.05, 0.1) is 15.6 Å². The second-order valence-electron chi connectivity index (χ2n) is 4.64. The number of carbonyl (C=O) groups is 3. The van der Waals surface area contributed by atoms with Crippen molar-refractivity contribution in [2.45, 2.75) is 6.92 Å². The Bertz CT molecular complexity index is 753. The summed E-state index contributed by atoms with van der Waals surface area (Å²) < 4.78 is 0. The van der Waals surface area contributed by atoms with Crippen molar-refractivity contribution in [3.8, 4) is 0 Å². The van der Waals surface area contributed by atoms with Gasteiger partial charge in [-0.25, -0.2) is 4.79 Å². The average Bonchev–Trinajstić information content (AvgIpc) is 2.47. The lowest BCUT2D eigenvalue weighted by Gasteiger charge is -2.09. The molecule has 23 heavy (non-hydrogen) atoms. The third kappa shape index (κ3) is 4.31. The van der Waals surface area contributed by atoms with Crippen LogP contribution in [0.4, 0.5) is 10.5 Å². The second kappa shape index (κ2) is 7.26. The van der Waals surface area contributed by atoms with E-state index in [0.29, 0.717) is 11.3 Å². The molecule has 0 bridgehead atoms. The van der Waals surface area contributed by atoms with Crippen molar-refractivity contribution in [1.82, 2.24) is 5.32 Å². The molecule has 2 aromatic carbocycles. The van der Waals surface area contributed by atoms with Crippen LogP contribution < -0.4 is 10.6 Å². The molecule has 2 N–H and O–H groups in total. The zero-order valence-electron chi connectivity index (χ0n) is 12.0. The summed E-state index contributed by atoms with van der Waals surface area (Å²) in [6.07, 6.45) is 0. The molecule has 0 unspecified atom stereocenters. The van der Waals surface area contributed by atoms with Crippen molar-refractivity contribution in [3.63, 3.8) is 0 Å². The predicted octanol–water partition coefficient (Wildman–Crippen LogP) is 4.16. The lowest BCUT2D eigenvalue weighted by molar-refractivity contribution is 0.0966. The minimum absolute atomic E-state index is 0.0258. The van der Waals surface area contributed by atoms with Gasteiger partial charge in [-0.3, -0.25) is 14.9 Å². The molecule has 0 aliphatic carbocycles. The molecule has 2 rings (SSSR count). The third-order valence-electron chi connectivity index (χ3n) is 2.97. The van der Waals surface area contributed by atoms with Crippen LogP contribution in [0.5, 0.6) is 0 Å². The number of ketones is 1. The Labute approximate surface area is 142 Å². The summed E-state index contributed by atoms with van der Waals surface area (Å²) in [7, 11) is 0. The number of imide groups is 1. The van der Waals surface area contributed by atoms with Crippen LogP contribution in [-0.4, -0.2) is 17.7 Å². The molecule has 0 radical (unpaired) electrons. The number of anilines is 1. The SMILES string of the molecule is CC(=O)c1ccc(NC(=O)NC(=O)c2c(Cl)cccc2Cl)cc1. The van der Waals surface area contributed by atoms with Gasteiger partial charge in [0.2, 0.25) is 0 Å². The maximum Gasteiger partial charge on any atom is 0.326 e. The highest BCUT2D eigenvalue weighted by molar-refractivity contribution is 6.40. The smallest absolute Gasteiger partial charge is 0.308 e.